The minimum absolute atomic E-state index is 0. The standard InChI is InChI=1S/C9H14N4.Na.H/c1-9(12-4-3-10-7-12)13-6-5-11(2)8-13;;/h3-7,9H,8H2,1-2H3;;/q;+1;-1. The van der Waals surface area contributed by atoms with Crippen LogP contribution in [-0.2, 0) is 0 Å². The van der Waals surface area contributed by atoms with E-state index in [1.54, 1.807) is 6.20 Å². The van der Waals surface area contributed by atoms with Crippen molar-refractivity contribution in [1.29, 1.82) is 0 Å². The van der Waals surface area contributed by atoms with Crippen LogP contribution in [0.3, 0.4) is 0 Å². The first kappa shape index (κ1) is 11.6. The van der Waals surface area contributed by atoms with Gasteiger partial charge in [0.15, 0.2) is 0 Å². The van der Waals surface area contributed by atoms with Crippen LogP contribution < -0.4 is 29.6 Å². The molecule has 2 heterocycles. The summed E-state index contributed by atoms with van der Waals surface area (Å²) in [4.78, 5) is 8.43. The van der Waals surface area contributed by atoms with Crippen molar-refractivity contribution in [3.05, 3.63) is 31.1 Å². The first-order chi connectivity index (χ1) is 6.27. The molecule has 1 unspecified atom stereocenters. The molecule has 2 rings (SSSR count). The number of imidazole rings is 1. The van der Waals surface area contributed by atoms with Gasteiger partial charge >= 0.3 is 29.6 Å². The van der Waals surface area contributed by atoms with Crippen molar-refractivity contribution >= 4 is 0 Å². The van der Waals surface area contributed by atoms with Gasteiger partial charge in [-0.05, 0) is 6.92 Å². The summed E-state index contributed by atoms with van der Waals surface area (Å²) in [5.41, 5.74) is 0. The molecule has 72 valence electrons. The molecule has 0 bridgehead atoms. The summed E-state index contributed by atoms with van der Waals surface area (Å²) in [5.74, 6) is 0. The van der Waals surface area contributed by atoms with Crippen LogP contribution in [0.5, 0.6) is 0 Å². The zero-order chi connectivity index (χ0) is 9.26. The van der Waals surface area contributed by atoms with Gasteiger partial charge in [0.2, 0.25) is 0 Å². The maximum absolute atomic E-state index is 4.03. The summed E-state index contributed by atoms with van der Waals surface area (Å²) in [5, 5.41) is 0. The Balaban J connectivity index is 0.000000980. The molecule has 0 saturated carbocycles. The molecule has 0 N–H and O–H groups in total. The largest absolute Gasteiger partial charge is 1.00 e. The van der Waals surface area contributed by atoms with Gasteiger partial charge in [0.25, 0.3) is 0 Å². The van der Waals surface area contributed by atoms with E-state index in [-0.39, 0.29) is 31.0 Å². The molecule has 0 aromatic carbocycles. The van der Waals surface area contributed by atoms with E-state index in [1.807, 2.05) is 12.5 Å². The molecule has 5 heteroatoms. The molecular weight excluding hydrogens is 187 g/mol. The van der Waals surface area contributed by atoms with Crippen LogP contribution in [0, 0.1) is 0 Å². The molecule has 1 aromatic rings. The van der Waals surface area contributed by atoms with E-state index in [2.05, 4.69) is 45.7 Å². The fourth-order valence-corrected chi connectivity index (χ4v) is 1.46. The minimum Gasteiger partial charge on any atom is -1.00 e. The predicted molar refractivity (Wildman–Crippen MR) is 51.7 cm³/mol. The van der Waals surface area contributed by atoms with E-state index in [9.17, 15) is 0 Å². The fraction of sp³-hybridized carbons (Fsp3) is 0.444. The maximum Gasteiger partial charge on any atom is 1.00 e. The van der Waals surface area contributed by atoms with E-state index in [0.717, 1.165) is 6.67 Å². The molecule has 1 aromatic heterocycles. The third kappa shape index (κ3) is 2.32. The fourth-order valence-electron chi connectivity index (χ4n) is 1.46. The second-order valence-electron chi connectivity index (χ2n) is 3.35. The average molecular weight is 202 g/mol. The molecule has 14 heavy (non-hydrogen) atoms. The van der Waals surface area contributed by atoms with E-state index < -0.39 is 0 Å². The Labute approximate surface area is 108 Å². The SMILES string of the molecule is CC(N1C=CN(C)C1)n1ccnc1.[H-].[Na+]. The van der Waals surface area contributed by atoms with Gasteiger partial charge in [-0.3, -0.25) is 0 Å². The number of aromatic nitrogens is 2. The van der Waals surface area contributed by atoms with Crippen molar-refractivity contribution in [2.45, 2.75) is 13.1 Å². The van der Waals surface area contributed by atoms with Crippen molar-refractivity contribution in [2.24, 2.45) is 0 Å². The molecule has 0 aliphatic carbocycles. The minimum atomic E-state index is 0. The Kier molecular flexibility index (Phi) is 4.04. The molecule has 1 aliphatic heterocycles. The zero-order valence-electron chi connectivity index (χ0n) is 9.96. The van der Waals surface area contributed by atoms with Crippen molar-refractivity contribution in [3.63, 3.8) is 0 Å². The van der Waals surface area contributed by atoms with Crippen LogP contribution in [0.2, 0.25) is 0 Å². The van der Waals surface area contributed by atoms with Crippen LogP contribution in [0.15, 0.2) is 31.1 Å². The second-order valence-corrected chi connectivity index (χ2v) is 3.35. The van der Waals surface area contributed by atoms with Crippen molar-refractivity contribution in [2.75, 3.05) is 13.7 Å². The van der Waals surface area contributed by atoms with E-state index >= 15 is 0 Å². The predicted octanol–water partition coefficient (Wildman–Crippen LogP) is -1.81. The summed E-state index contributed by atoms with van der Waals surface area (Å²) in [7, 11) is 2.07. The number of nitrogens with zero attached hydrogens (tertiary/aromatic N) is 4. The second kappa shape index (κ2) is 4.87. The Morgan fingerprint density at radius 1 is 1.43 bits per heavy atom. The third-order valence-corrected chi connectivity index (χ3v) is 2.34. The Hall–Kier alpha value is -0.450. The maximum atomic E-state index is 4.03. The van der Waals surface area contributed by atoms with Gasteiger partial charge in [0.05, 0.1) is 13.0 Å². The van der Waals surface area contributed by atoms with Crippen molar-refractivity contribution in [3.8, 4) is 0 Å². The van der Waals surface area contributed by atoms with Crippen LogP contribution >= 0.6 is 0 Å². The quantitative estimate of drug-likeness (QED) is 0.529. The molecule has 4 nitrogen and oxygen atoms in total. The number of hydrogen-bond acceptors (Lipinski definition) is 3. The zero-order valence-corrected chi connectivity index (χ0v) is 11.0. The van der Waals surface area contributed by atoms with Gasteiger partial charge in [0, 0.05) is 31.8 Å². The summed E-state index contributed by atoms with van der Waals surface area (Å²) in [6, 6.07) is 0. The topological polar surface area (TPSA) is 24.3 Å². The van der Waals surface area contributed by atoms with Gasteiger partial charge in [-0.1, -0.05) is 0 Å². The van der Waals surface area contributed by atoms with Crippen LogP contribution in [0.1, 0.15) is 14.5 Å². The Bertz CT molecular complexity index is 301. The van der Waals surface area contributed by atoms with Crippen molar-refractivity contribution in [1.82, 2.24) is 19.4 Å². The van der Waals surface area contributed by atoms with Gasteiger partial charge in [-0.25, -0.2) is 4.98 Å². The van der Waals surface area contributed by atoms with Crippen LogP contribution in [0.4, 0.5) is 0 Å². The van der Waals surface area contributed by atoms with E-state index in [1.165, 1.54) is 0 Å². The first-order valence-corrected chi connectivity index (χ1v) is 4.39. The molecule has 1 aliphatic rings. The van der Waals surface area contributed by atoms with Crippen molar-refractivity contribution < 1.29 is 31.0 Å². The van der Waals surface area contributed by atoms with Crippen LogP contribution in [-0.4, -0.2) is 33.1 Å². The normalized spacial score (nSPS) is 17.0. The molecule has 1 atom stereocenters. The Morgan fingerprint density at radius 2 is 2.21 bits per heavy atom. The van der Waals surface area contributed by atoms with Crippen LogP contribution in [0.25, 0.3) is 0 Å². The van der Waals surface area contributed by atoms with Gasteiger partial charge in [-0.2, -0.15) is 0 Å². The van der Waals surface area contributed by atoms with Gasteiger partial charge in [-0.15, -0.1) is 0 Å². The monoisotopic (exact) mass is 202 g/mol. The summed E-state index contributed by atoms with van der Waals surface area (Å²) < 4.78 is 2.09. The molecule has 0 fully saturated rings. The molecular formula is C9H15N4Na. The molecule has 0 spiro atoms. The molecule has 0 saturated heterocycles. The van der Waals surface area contributed by atoms with E-state index in [0.29, 0.717) is 6.17 Å². The van der Waals surface area contributed by atoms with Gasteiger partial charge in [0.1, 0.15) is 6.17 Å². The van der Waals surface area contributed by atoms with Gasteiger partial charge < -0.3 is 15.8 Å². The molecule has 0 radical (unpaired) electrons. The number of rotatable bonds is 2. The summed E-state index contributed by atoms with van der Waals surface area (Å²) in [6.45, 7) is 3.10. The average Bonchev–Trinajstić information content (AvgIpc) is 2.72. The summed E-state index contributed by atoms with van der Waals surface area (Å²) in [6.07, 6.45) is 10.1. The third-order valence-electron chi connectivity index (χ3n) is 2.34. The smallest absolute Gasteiger partial charge is 1.00 e. The first-order valence-electron chi connectivity index (χ1n) is 4.39. The molecule has 0 amide bonds. The van der Waals surface area contributed by atoms with E-state index in [4.69, 9.17) is 0 Å². The Morgan fingerprint density at radius 3 is 2.71 bits per heavy atom. The summed E-state index contributed by atoms with van der Waals surface area (Å²) >= 11 is 0. The number of hydrogen-bond donors (Lipinski definition) is 0.